The fourth-order valence-corrected chi connectivity index (χ4v) is 2.08. The van der Waals surface area contributed by atoms with Gasteiger partial charge in [-0.3, -0.25) is 0 Å². The average molecular weight is 254 g/mol. The number of hydrogen-bond acceptors (Lipinski definition) is 5. The van der Waals surface area contributed by atoms with Crippen LogP contribution in [0.5, 0.6) is 0 Å². The molecule has 1 aliphatic heterocycles. The summed E-state index contributed by atoms with van der Waals surface area (Å²) in [6.07, 6.45) is -1.29. The second kappa shape index (κ2) is 4.54. The molecule has 3 rings (SSSR count). The normalized spacial score (nSPS) is 20.7. The Hall–Kier alpha value is -1.67. The Morgan fingerprint density at radius 3 is 3.00 bits per heavy atom. The van der Waals surface area contributed by atoms with Gasteiger partial charge in [0.2, 0.25) is 0 Å². The lowest BCUT2D eigenvalue weighted by molar-refractivity contribution is 0.146. The summed E-state index contributed by atoms with van der Waals surface area (Å²) in [6, 6.07) is 1.32. The molecule has 3 heterocycles. The maximum Gasteiger partial charge on any atom is 0.280 e. The van der Waals surface area contributed by atoms with Crippen LogP contribution in [0.1, 0.15) is 23.9 Å². The Kier molecular flexibility index (Phi) is 2.88. The van der Waals surface area contributed by atoms with Crippen molar-refractivity contribution >= 4 is 5.78 Å². The van der Waals surface area contributed by atoms with Gasteiger partial charge in [0.1, 0.15) is 12.0 Å². The van der Waals surface area contributed by atoms with Crippen LogP contribution in [0.25, 0.3) is 5.78 Å². The zero-order valence-corrected chi connectivity index (χ0v) is 9.48. The lowest BCUT2D eigenvalue weighted by Crippen LogP contribution is -2.43. The standard InChI is InChI=1S/C10H12F2N6/c11-9(12)6-3-8(7-4-13-1-2-14-7)18-10(17-6)15-5-16-18/h3,5,7,9,13-14H,1-2,4H2. The van der Waals surface area contributed by atoms with E-state index in [4.69, 9.17) is 0 Å². The average Bonchev–Trinajstić information content (AvgIpc) is 2.86. The van der Waals surface area contributed by atoms with E-state index in [0.717, 1.165) is 13.1 Å². The highest BCUT2D eigenvalue weighted by Gasteiger charge is 2.21. The van der Waals surface area contributed by atoms with Gasteiger partial charge in [-0.05, 0) is 6.07 Å². The molecule has 0 aliphatic carbocycles. The van der Waals surface area contributed by atoms with Crippen molar-refractivity contribution in [2.75, 3.05) is 19.6 Å². The minimum atomic E-state index is -2.61. The third-order valence-corrected chi connectivity index (χ3v) is 2.92. The van der Waals surface area contributed by atoms with E-state index in [-0.39, 0.29) is 17.5 Å². The van der Waals surface area contributed by atoms with Gasteiger partial charge in [0.25, 0.3) is 12.2 Å². The van der Waals surface area contributed by atoms with Crippen molar-refractivity contribution in [1.29, 1.82) is 0 Å². The smallest absolute Gasteiger partial charge is 0.280 e. The highest BCUT2D eigenvalue weighted by atomic mass is 19.3. The number of nitrogens with zero attached hydrogens (tertiary/aromatic N) is 4. The van der Waals surface area contributed by atoms with Gasteiger partial charge in [-0.2, -0.15) is 14.6 Å². The topological polar surface area (TPSA) is 67.1 Å². The molecule has 1 saturated heterocycles. The second-order valence-electron chi connectivity index (χ2n) is 4.09. The number of fused-ring (bicyclic) bond motifs is 1. The molecule has 0 spiro atoms. The molecule has 2 aromatic heterocycles. The van der Waals surface area contributed by atoms with Gasteiger partial charge < -0.3 is 10.6 Å². The lowest BCUT2D eigenvalue weighted by atomic mass is 10.1. The molecule has 1 unspecified atom stereocenters. The monoisotopic (exact) mass is 254 g/mol. The van der Waals surface area contributed by atoms with Crippen molar-refractivity contribution in [2.45, 2.75) is 12.5 Å². The number of alkyl halides is 2. The summed E-state index contributed by atoms with van der Waals surface area (Å²) in [5.74, 6) is 0.204. The van der Waals surface area contributed by atoms with Gasteiger partial charge in [-0.1, -0.05) is 0 Å². The highest BCUT2D eigenvalue weighted by molar-refractivity contribution is 5.32. The van der Waals surface area contributed by atoms with E-state index in [1.165, 1.54) is 16.9 Å². The van der Waals surface area contributed by atoms with Crippen LogP contribution in [0.4, 0.5) is 8.78 Å². The number of halogens is 2. The number of piperazine rings is 1. The van der Waals surface area contributed by atoms with E-state index in [1.54, 1.807) is 0 Å². The molecule has 18 heavy (non-hydrogen) atoms. The largest absolute Gasteiger partial charge is 0.314 e. The molecule has 8 heteroatoms. The summed E-state index contributed by atoms with van der Waals surface area (Å²) < 4.78 is 27.1. The molecule has 0 bridgehead atoms. The maximum absolute atomic E-state index is 12.8. The van der Waals surface area contributed by atoms with Gasteiger partial charge in [-0.15, -0.1) is 0 Å². The Morgan fingerprint density at radius 1 is 1.39 bits per heavy atom. The predicted molar refractivity (Wildman–Crippen MR) is 59.4 cm³/mol. The summed E-state index contributed by atoms with van der Waals surface area (Å²) in [5, 5.41) is 10.5. The molecular weight excluding hydrogens is 242 g/mol. The van der Waals surface area contributed by atoms with Crippen LogP contribution in [0.3, 0.4) is 0 Å². The van der Waals surface area contributed by atoms with Crippen LogP contribution < -0.4 is 10.6 Å². The molecule has 2 N–H and O–H groups in total. The first-order valence-corrected chi connectivity index (χ1v) is 5.68. The van der Waals surface area contributed by atoms with Crippen molar-refractivity contribution < 1.29 is 8.78 Å². The van der Waals surface area contributed by atoms with Gasteiger partial charge in [0.05, 0.1) is 11.7 Å². The Bertz CT molecular complexity index is 548. The summed E-state index contributed by atoms with van der Waals surface area (Å²) in [4.78, 5) is 7.66. The van der Waals surface area contributed by atoms with E-state index in [2.05, 4.69) is 25.7 Å². The minimum absolute atomic E-state index is 0.0663. The first kappa shape index (κ1) is 11.4. The molecule has 0 radical (unpaired) electrons. The quantitative estimate of drug-likeness (QED) is 0.806. The minimum Gasteiger partial charge on any atom is -0.314 e. The molecule has 96 valence electrons. The van der Waals surface area contributed by atoms with Crippen LogP contribution in [-0.4, -0.2) is 39.2 Å². The zero-order chi connectivity index (χ0) is 12.5. The summed E-state index contributed by atoms with van der Waals surface area (Å²) in [7, 11) is 0. The van der Waals surface area contributed by atoms with Crippen molar-refractivity contribution in [3.8, 4) is 0 Å². The van der Waals surface area contributed by atoms with Crippen LogP contribution in [0.15, 0.2) is 12.4 Å². The van der Waals surface area contributed by atoms with E-state index in [9.17, 15) is 8.78 Å². The summed E-state index contributed by atoms with van der Waals surface area (Å²) >= 11 is 0. The molecular formula is C10H12F2N6. The fourth-order valence-electron chi connectivity index (χ4n) is 2.08. The Labute approximate surface area is 101 Å². The third-order valence-electron chi connectivity index (χ3n) is 2.92. The summed E-state index contributed by atoms with van der Waals surface area (Å²) in [5.41, 5.74) is 0.387. The van der Waals surface area contributed by atoms with E-state index < -0.39 is 6.43 Å². The van der Waals surface area contributed by atoms with Gasteiger partial charge in [-0.25, -0.2) is 13.8 Å². The number of aromatic nitrogens is 4. The van der Waals surface area contributed by atoms with E-state index >= 15 is 0 Å². The molecule has 0 aromatic carbocycles. The van der Waals surface area contributed by atoms with Crippen molar-refractivity contribution in [2.24, 2.45) is 0 Å². The Morgan fingerprint density at radius 2 is 2.28 bits per heavy atom. The highest BCUT2D eigenvalue weighted by Crippen LogP contribution is 2.21. The van der Waals surface area contributed by atoms with E-state index in [1.807, 2.05) is 0 Å². The zero-order valence-electron chi connectivity index (χ0n) is 9.48. The van der Waals surface area contributed by atoms with E-state index in [0.29, 0.717) is 12.2 Å². The van der Waals surface area contributed by atoms with Crippen molar-refractivity contribution in [3.63, 3.8) is 0 Å². The number of hydrogen-bond donors (Lipinski definition) is 2. The molecule has 0 amide bonds. The molecule has 1 atom stereocenters. The van der Waals surface area contributed by atoms with Crippen LogP contribution in [-0.2, 0) is 0 Å². The summed E-state index contributed by atoms with van der Waals surface area (Å²) in [6.45, 7) is 2.32. The van der Waals surface area contributed by atoms with Gasteiger partial charge >= 0.3 is 0 Å². The SMILES string of the molecule is FC(F)c1cc(C2CNCCN2)n2ncnc2n1. The first-order valence-electron chi connectivity index (χ1n) is 5.68. The van der Waals surface area contributed by atoms with Gasteiger partial charge in [0.15, 0.2) is 0 Å². The van der Waals surface area contributed by atoms with Crippen molar-refractivity contribution in [1.82, 2.24) is 30.2 Å². The fraction of sp³-hybridized carbons (Fsp3) is 0.500. The van der Waals surface area contributed by atoms with Crippen LogP contribution >= 0.6 is 0 Å². The molecule has 2 aromatic rings. The van der Waals surface area contributed by atoms with Gasteiger partial charge in [0, 0.05) is 19.6 Å². The lowest BCUT2D eigenvalue weighted by Gasteiger charge is -2.25. The molecule has 0 saturated carbocycles. The third kappa shape index (κ3) is 1.93. The van der Waals surface area contributed by atoms with Crippen LogP contribution in [0, 0.1) is 0 Å². The van der Waals surface area contributed by atoms with Crippen molar-refractivity contribution in [3.05, 3.63) is 23.8 Å². The van der Waals surface area contributed by atoms with Crippen LogP contribution in [0.2, 0.25) is 0 Å². The maximum atomic E-state index is 12.8. The Balaban J connectivity index is 2.09. The molecule has 6 nitrogen and oxygen atoms in total. The predicted octanol–water partition coefficient (Wildman–Crippen LogP) is 0.296. The first-order chi connectivity index (χ1) is 8.75. The second-order valence-corrected chi connectivity index (χ2v) is 4.09. The molecule has 1 fully saturated rings. The number of nitrogens with one attached hydrogen (secondary N) is 2. The molecule has 1 aliphatic rings. The number of rotatable bonds is 2.